The Bertz CT molecular complexity index is 500. The standard InChI is InChI=1S/C13H19N3O3/c1-9(7-11(17)18)10-3-2-6-16(8-10)12-13(19)15-5-4-14-12/h4-5,9-10H,2-3,6-8H2,1H3,(H,15,19)(H,17,18). The molecule has 19 heavy (non-hydrogen) atoms. The number of nitrogens with one attached hydrogen (secondary N) is 1. The van der Waals surface area contributed by atoms with Gasteiger partial charge in [-0.25, -0.2) is 4.98 Å². The summed E-state index contributed by atoms with van der Waals surface area (Å²) in [4.78, 5) is 31.2. The topological polar surface area (TPSA) is 86.3 Å². The van der Waals surface area contributed by atoms with Crippen molar-refractivity contribution < 1.29 is 9.90 Å². The number of anilines is 1. The van der Waals surface area contributed by atoms with E-state index < -0.39 is 5.97 Å². The molecule has 1 saturated heterocycles. The third kappa shape index (κ3) is 3.33. The average Bonchev–Trinajstić information content (AvgIpc) is 2.38. The molecule has 2 unspecified atom stereocenters. The molecule has 1 aromatic rings. The van der Waals surface area contributed by atoms with E-state index in [0.717, 1.165) is 19.4 Å². The van der Waals surface area contributed by atoms with Gasteiger partial charge in [0.2, 0.25) is 0 Å². The number of carboxylic acids is 1. The lowest BCUT2D eigenvalue weighted by Gasteiger charge is -2.35. The average molecular weight is 265 g/mol. The summed E-state index contributed by atoms with van der Waals surface area (Å²) < 4.78 is 0. The van der Waals surface area contributed by atoms with Crippen LogP contribution in [0.5, 0.6) is 0 Å². The molecule has 6 heteroatoms. The number of aromatic nitrogens is 2. The molecule has 2 rings (SSSR count). The van der Waals surface area contributed by atoms with Gasteiger partial charge in [-0.15, -0.1) is 0 Å². The Morgan fingerprint density at radius 2 is 2.47 bits per heavy atom. The van der Waals surface area contributed by atoms with Crippen LogP contribution in [0.4, 0.5) is 5.82 Å². The van der Waals surface area contributed by atoms with Gasteiger partial charge in [0.25, 0.3) is 5.56 Å². The normalized spacial score (nSPS) is 21.1. The Morgan fingerprint density at radius 1 is 1.68 bits per heavy atom. The number of aliphatic carboxylic acids is 1. The number of aromatic amines is 1. The second-order valence-corrected chi connectivity index (χ2v) is 5.17. The number of nitrogens with zero attached hydrogens (tertiary/aromatic N) is 2. The zero-order chi connectivity index (χ0) is 13.8. The highest BCUT2D eigenvalue weighted by Crippen LogP contribution is 2.27. The summed E-state index contributed by atoms with van der Waals surface area (Å²) in [5.74, 6) is 0.0874. The highest BCUT2D eigenvalue weighted by molar-refractivity contribution is 5.67. The maximum Gasteiger partial charge on any atom is 0.303 e. The first-order valence-electron chi connectivity index (χ1n) is 6.58. The predicted molar refractivity (Wildman–Crippen MR) is 71.2 cm³/mol. The summed E-state index contributed by atoms with van der Waals surface area (Å²) in [6.45, 7) is 3.47. The highest BCUT2D eigenvalue weighted by Gasteiger charge is 2.27. The van der Waals surface area contributed by atoms with Crippen molar-refractivity contribution in [2.24, 2.45) is 11.8 Å². The molecular weight excluding hydrogens is 246 g/mol. The maximum atomic E-state index is 11.7. The molecule has 0 saturated carbocycles. The Balaban J connectivity index is 2.07. The van der Waals surface area contributed by atoms with Crippen LogP contribution in [-0.2, 0) is 4.79 Å². The fraction of sp³-hybridized carbons (Fsp3) is 0.615. The van der Waals surface area contributed by atoms with Crippen LogP contribution in [0.2, 0.25) is 0 Å². The Hall–Kier alpha value is -1.85. The maximum absolute atomic E-state index is 11.7. The molecule has 2 atom stereocenters. The minimum Gasteiger partial charge on any atom is -0.481 e. The van der Waals surface area contributed by atoms with Crippen LogP contribution in [0.3, 0.4) is 0 Å². The van der Waals surface area contributed by atoms with Gasteiger partial charge >= 0.3 is 5.97 Å². The number of piperidine rings is 1. The summed E-state index contributed by atoms with van der Waals surface area (Å²) >= 11 is 0. The molecule has 1 aliphatic heterocycles. The molecule has 104 valence electrons. The van der Waals surface area contributed by atoms with E-state index in [1.54, 1.807) is 6.20 Å². The van der Waals surface area contributed by atoms with Gasteiger partial charge in [0.05, 0.1) is 0 Å². The summed E-state index contributed by atoms with van der Waals surface area (Å²) in [5.41, 5.74) is -0.186. The van der Waals surface area contributed by atoms with Gasteiger partial charge in [-0.05, 0) is 24.7 Å². The third-order valence-corrected chi connectivity index (χ3v) is 3.75. The van der Waals surface area contributed by atoms with Crippen LogP contribution in [0.15, 0.2) is 17.2 Å². The number of rotatable bonds is 4. The fourth-order valence-electron chi connectivity index (χ4n) is 2.68. The van der Waals surface area contributed by atoms with Crippen molar-refractivity contribution in [3.63, 3.8) is 0 Å². The quantitative estimate of drug-likeness (QED) is 0.851. The van der Waals surface area contributed by atoms with Crippen LogP contribution >= 0.6 is 0 Å². The summed E-state index contributed by atoms with van der Waals surface area (Å²) in [6.07, 6.45) is 5.23. The number of hydrogen-bond acceptors (Lipinski definition) is 4. The van der Waals surface area contributed by atoms with Crippen molar-refractivity contribution in [1.29, 1.82) is 0 Å². The van der Waals surface area contributed by atoms with E-state index in [2.05, 4.69) is 9.97 Å². The van der Waals surface area contributed by atoms with Gasteiger partial charge in [0, 0.05) is 31.9 Å². The number of H-pyrrole nitrogens is 1. The van der Waals surface area contributed by atoms with Crippen molar-refractivity contribution in [3.05, 3.63) is 22.7 Å². The molecule has 0 aliphatic carbocycles. The predicted octanol–water partition coefficient (Wildman–Crippen LogP) is 1.10. The molecule has 1 aliphatic rings. The van der Waals surface area contributed by atoms with E-state index in [9.17, 15) is 9.59 Å². The summed E-state index contributed by atoms with van der Waals surface area (Å²) in [6, 6.07) is 0. The second kappa shape index (κ2) is 5.86. The summed E-state index contributed by atoms with van der Waals surface area (Å²) in [7, 11) is 0. The molecule has 2 heterocycles. The number of hydrogen-bond donors (Lipinski definition) is 2. The summed E-state index contributed by atoms with van der Waals surface area (Å²) in [5, 5.41) is 8.86. The van der Waals surface area contributed by atoms with E-state index in [1.807, 2.05) is 11.8 Å². The largest absolute Gasteiger partial charge is 0.481 e. The number of carbonyl (C=O) groups is 1. The van der Waals surface area contributed by atoms with Crippen LogP contribution in [0, 0.1) is 11.8 Å². The Morgan fingerprint density at radius 3 is 3.16 bits per heavy atom. The minimum atomic E-state index is -0.764. The van der Waals surface area contributed by atoms with E-state index in [-0.39, 0.29) is 17.9 Å². The number of carboxylic acid groups (broad SMARTS) is 1. The van der Waals surface area contributed by atoms with Crippen molar-refractivity contribution in [3.8, 4) is 0 Å². The SMILES string of the molecule is CC(CC(=O)O)C1CCCN(c2ncc[nH]c2=O)C1. The monoisotopic (exact) mass is 265 g/mol. The van der Waals surface area contributed by atoms with Crippen LogP contribution in [0.1, 0.15) is 26.2 Å². The first-order valence-corrected chi connectivity index (χ1v) is 6.58. The van der Waals surface area contributed by atoms with Gasteiger partial charge in [-0.3, -0.25) is 9.59 Å². The van der Waals surface area contributed by atoms with Crippen molar-refractivity contribution in [1.82, 2.24) is 9.97 Å². The van der Waals surface area contributed by atoms with Gasteiger partial charge in [0.15, 0.2) is 5.82 Å². The molecule has 0 bridgehead atoms. The molecule has 0 amide bonds. The highest BCUT2D eigenvalue weighted by atomic mass is 16.4. The molecule has 1 fully saturated rings. The molecule has 0 spiro atoms. The van der Waals surface area contributed by atoms with Crippen molar-refractivity contribution in [2.75, 3.05) is 18.0 Å². The Labute approximate surface area is 111 Å². The van der Waals surface area contributed by atoms with Crippen molar-refractivity contribution in [2.45, 2.75) is 26.2 Å². The lowest BCUT2D eigenvalue weighted by Crippen LogP contribution is -2.41. The van der Waals surface area contributed by atoms with Gasteiger partial charge in [-0.2, -0.15) is 0 Å². The molecule has 2 N–H and O–H groups in total. The minimum absolute atomic E-state index is 0.114. The Kier molecular flexibility index (Phi) is 4.19. The lowest BCUT2D eigenvalue weighted by molar-refractivity contribution is -0.138. The second-order valence-electron chi connectivity index (χ2n) is 5.17. The van der Waals surface area contributed by atoms with Crippen LogP contribution in [-0.4, -0.2) is 34.1 Å². The molecule has 6 nitrogen and oxygen atoms in total. The zero-order valence-corrected chi connectivity index (χ0v) is 11.0. The fourth-order valence-corrected chi connectivity index (χ4v) is 2.68. The first kappa shape index (κ1) is 13.6. The first-order chi connectivity index (χ1) is 9.08. The molecule has 1 aromatic heterocycles. The van der Waals surface area contributed by atoms with Gasteiger partial charge in [0.1, 0.15) is 0 Å². The van der Waals surface area contributed by atoms with E-state index in [4.69, 9.17) is 5.11 Å². The zero-order valence-electron chi connectivity index (χ0n) is 11.0. The lowest BCUT2D eigenvalue weighted by atomic mass is 9.85. The molecule has 0 radical (unpaired) electrons. The van der Waals surface area contributed by atoms with E-state index in [1.165, 1.54) is 6.20 Å². The van der Waals surface area contributed by atoms with Crippen molar-refractivity contribution >= 4 is 11.8 Å². The van der Waals surface area contributed by atoms with Crippen LogP contribution < -0.4 is 10.5 Å². The molecule has 0 aromatic carbocycles. The van der Waals surface area contributed by atoms with Gasteiger partial charge < -0.3 is 15.0 Å². The smallest absolute Gasteiger partial charge is 0.303 e. The van der Waals surface area contributed by atoms with Gasteiger partial charge in [-0.1, -0.05) is 6.92 Å². The molecular formula is C13H19N3O3. The van der Waals surface area contributed by atoms with E-state index >= 15 is 0 Å². The third-order valence-electron chi connectivity index (χ3n) is 3.75. The van der Waals surface area contributed by atoms with Crippen LogP contribution in [0.25, 0.3) is 0 Å². The van der Waals surface area contributed by atoms with E-state index in [0.29, 0.717) is 18.3 Å².